The van der Waals surface area contributed by atoms with Crippen molar-refractivity contribution in [1.82, 2.24) is 15.1 Å². The van der Waals surface area contributed by atoms with Crippen molar-refractivity contribution in [2.45, 2.75) is 6.42 Å². The first kappa shape index (κ1) is 16.3. The number of hydrogen-bond acceptors (Lipinski definition) is 6. The first-order valence-electron chi connectivity index (χ1n) is 7.41. The molecule has 1 aromatic heterocycles. The molecule has 1 aliphatic rings. The maximum absolute atomic E-state index is 12.0. The van der Waals surface area contributed by atoms with Crippen LogP contribution >= 0.6 is 22.9 Å². The average Bonchev–Trinajstić information content (AvgIpc) is 3.02. The molecule has 0 atom stereocenters. The van der Waals surface area contributed by atoms with Gasteiger partial charge in [-0.2, -0.15) is 0 Å². The highest BCUT2D eigenvalue weighted by Crippen LogP contribution is 2.31. The van der Waals surface area contributed by atoms with Gasteiger partial charge >= 0.3 is 0 Å². The summed E-state index contributed by atoms with van der Waals surface area (Å²) < 4.78 is 5.29. The number of benzene rings is 1. The number of ether oxygens (including phenoxy) is 1. The van der Waals surface area contributed by atoms with E-state index in [-0.39, 0.29) is 5.91 Å². The van der Waals surface area contributed by atoms with Gasteiger partial charge in [0, 0.05) is 31.6 Å². The smallest absolute Gasteiger partial charge is 0.227 e. The summed E-state index contributed by atoms with van der Waals surface area (Å²) in [7, 11) is 0. The molecular weight excluding hydrogens is 336 g/mol. The zero-order valence-corrected chi connectivity index (χ0v) is 14.1. The Kier molecular flexibility index (Phi) is 5.56. The van der Waals surface area contributed by atoms with Gasteiger partial charge in [0.1, 0.15) is 0 Å². The van der Waals surface area contributed by atoms with Crippen molar-refractivity contribution in [1.29, 1.82) is 0 Å². The lowest BCUT2D eigenvalue weighted by molar-refractivity contribution is -0.116. The van der Waals surface area contributed by atoms with Crippen LogP contribution in [0.15, 0.2) is 24.3 Å². The van der Waals surface area contributed by atoms with E-state index < -0.39 is 0 Å². The van der Waals surface area contributed by atoms with Crippen molar-refractivity contribution in [2.75, 3.05) is 38.2 Å². The van der Waals surface area contributed by atoms with Gasteiger partial charge in [0.2, 0.25) is 11.0 Å². The first-order valence-corrected chi connectivity index (χ1v) is 8.60. The summed E-state index contributed by atoms with van der Waals surface area (Å²) in [6.45, 7) is 3.95. The second-order valence-electron chi connectivity index (χ2n) is 5.14. The predicted octanol–water partition coefficient (Wildman–Crippen LogP) is 2.52. The minimum Gasteiger partial charge on any atom is -0.379 e. The van der Waals surface area contributed by atoms with Crippen LogP contribution in [0.5, 0.6) is 0 Å². The molecule has 0 unspecified atom stereocenters. The number of nitrogens with one attached hydrogen (secondary N) is 1. The number of hydrogen-bond donors (Lipinski definition) is 1. The van der Waals surface area contributed by atoms with Crippen LogP contribution in [-0.4, -0.2) is 53.9 Å². The number of halogens is 1. The van der Waals surface area contributed by atoms with Crippen molar-refractivity contribution < 1.29 is 9.53 Å². The van der Waals surface area contributed by atoms with Gasteiger partial charge in [-0.25, -0.2) is 0 Å². The van der Waals surface area contributed by atoms with Crippen molar-refractivity contribution in [2.24, 2.45) is 0 Å². The van der Waals surface area contributed by atoms with Gasteiger partial charge in [-0.3, -0.25) is 9.69 Å². The fourth-order valence-corrected chi connectivity index (χ4v) is 3.36. The number of morpholine rings is 1. The fraction of sp³-hybridized carbons (Fsp3) is 0.400. The monoisotopic (exact) mass is 352 g/mol. The Hall–Kier alpha value is -1.54. The molecule has 1 N–H and O–H groups in total. The highest BCUT2D eigenvalue weighted by molar-refractivity contribution is 7.18. The maximum atomic E-state index is 12.0. The van der Waals surface area contributed by atoms with Crippen LogP contribution in [0.4, 0.5) is 5.13 Å². The number of aromatic nitrogens is 2. The van der Waals surface area contributed by atoms with E-state index in [1.807, 2.05) is 18.2 Å². The summed E-state index contributed by atoms with van der Waals surface area (Å²) in [5.74, 6) is -0.0571. The molecule has 1 aliphatic heterocycles. The van der Waals surface area contributed by atoms with E-state index in [0.717, 1.165) is 38.4 Å². The number of amides is 1. The Morgan fingerprint density at radius 2 is 2.09 bits per heavy atom. The number of rotatable bonds is 5. The van der Waals surface area contributed by atoms with Gasteiger partial charge < -0.3 is 10.1 Å². The molecule has 0 saturated carbocycles. The van der Waals surface area contributed by atoms with Gasteiger partial charge in [0.05, 0.1) is 18.2 Å². The van der Waals surface area contributed by atoms with Gasteiger partial charge in [-0.05, 0) is 6.07 Å². The summed E-state index contributed by atoms with van der Waals surface area (Å²) >= 11 is 7.46. The largest absolute Gasteiger partial charge is 0.379 e. The SMILES string of the molecule is O=C(CCN1CCOCC1)Nc1nnc(-c2ccccc2Cl)s1. The summed E-state index contributed by atoms with van der Waals surface area (Å²) in [4.78, 5) is 14.2. The molecule has 1 aromatic carbocycles. The number of nitrogens with zero attached hydrogens (tertiary/aromatic N) is 3. The second kappa shape index (κ2) is 7.83. The molecule has 6 nitrogen and oxygen atoms in total. The number of anilines is 1. The molecule has 0 bridgehead atoms. The Bertz CT molecular complexity index is 673. The van der Waals surface area contributed by atoms with Gasteiger partial charge in [0.15, 0.2) is 5.01 Å². The molecule has 1 saturated heterocycles. The molecule has 0 aliphatic carbocycles. The predicted molar refractivity (Wildman–Crippen MR) is 90.9 cm³/mol. The lowest BCUT2D eigenvalue weighted by Crippen LogP contribution is -2.38. The van der Waals surface area contributed by atoms with Crippen LogP contribution in [0.1, 0.15) is 6.42 Å². The zero-order chi connectivity index (χ0) is 16.1. The van der Waals surface area contributed by atoms with Crippen LogP contribution in [0, 0.1) is 0 Å². The van der Waals surface area contributed by atoms with E-state index in [1.54, 1.807) is 6.07 Å². The Labute approximate surface area is 143 Å². The molecule has 1 fully saturated rings. The summed E-state index contributed by atoms with van der Waals surface area (Å²) in [6.07, 6.45) is 0.432. The molecule has 0 spiro atoms. The van der Waals surface area contributed by atoms with Gasteiger partial charge in [-0.1, -0.05) is 41.1 Å². The molecular formula is C15H17ClN4O2S. The standard InChI is InChI=1S/C15H17ClN4O2S/c16-12-4-2-1-3-11(12)14-18-19-15(23-14)17-13(21)5-6-20-7-9-22-10-8-20/h1-4H,5-10H2,(H,17,19,21). The van der Waals surface area contributed by atoms with Crippen molar-refractivity contribution in [3.05, 3.63) is 29.3 Å². The third-order valence-electron chi connectivity index (χ3n) is 3.53. The lowest BCUT2D eigenvalue weighted by Gasteiger charge is -2.26. The molecule has 3 rings (SSSR count). The van der Waals surface area contributed by atoms with E-state index >= 15 is 0 Å². The lowest BCUT2D eigenvalue weighted by atomic mass is 10.2. The molecule has 1 amide bonds. The summed E-state index contributed by atoms with van der Waals surface area (Å²) in [5, 5.41) is 12.7. The average molecular weight is 353 g/mol. The van der Waals surface area contributed by atoms with Crippen LogP contribution < -0.4 is 5.32 Å². The van der Waals surface area contributed by atoms with E-state index in [9.17, 15) is 4.79 Å². The normalized spacial score (nSPS) is 15.5. The minimum atomic E-state index is -0.0571. The fourth-order valence-electron chi connectivity index (χ4n) is 2.28. The molecule has 122 valence electrons. The molecule has 2 heterocycles. The van der Waals surface area contributed by atoms with E-state index in [0.29, 0.717) is 21.6 Å². The topological polar surface area (TPSA) is 67.3 Å². The number of carbonyl (C=O) groups excluding carboxylic acids is 1. The molecule has 0 radical (unpaired) electrons. The summed E-state index contributed by atoms with van der Waals surface area (Å²) in [6, 6.07) is 7.44. The van der Waals surface area contributed by atoms with Crippen LogP contribution in [-0.2, 0) is 9.53 Å². The molecule has 2 aromatic rings. The van der Waals surface area contributed by atoms with Crippen LogP contribution in [0.25, 0.3) is 10.6 Å². The highest BCUT2D eigenvalue weighted by atomic mass is 35.5. The van der Waals surface area contributed by atoms with Crippen molar-refractivity contribution in [3.8, 4) is 10.6 Å². The van der Waals surface area contributed by atoms with E-state index in [4.69, 9.17) is 16.3 Å². The minimum absolute atomic E-state index is 0.0571. The van der Waals surface area contributed by atoms with Crippen molar-refractivity contribution >= 4 is 34.0 Å². The third-order valence-corrected chi connectivity index (χ3v) is 4.74. The van der Waals surface area contributed by atoms with Crippen molar-refractivity contribution in [3.63, 3.8) is 0 Å². The van der Waals surface area contributed by atoms with Gasteiger partial charge in [-0.15, -0.1) is 10.2 Å². The van der Waals surface area contributed by atoms with E-state index in [2.05, 4.69) is 20.4 Å². The van der Waals surface area contributed by atoms with Gasteiger partial charge in [0.25, 0.3) is 0 Å². The first-order chi connectivity index (χ1) is 11.2. The molecule has 8 heteroatoms. The third kappa shape index (κ3) is 4.48. The Balaban J connectivity index is 1.54. The Morgan fingerprint density at radius 1 is 1.30 bits per heavy atom. The quantitative estimate of drug-likeness (QED) is 0.895. The summed E-state index contributed by atoms with van der Waals surface area (Å²) in [5.41, 5.74) is 0.820. The van der Waals surface area contributed by atoms with Crippen LogP contribution in [0.2, 0.25) is 5.02 Å². The maximum Gasteiger partial charge on any atom is 0.227 e. The number of carbonyl (C=O) groups is 1. The van der Waals surface area contributed by atoms with Crippen LogP contribution in [0.3, 0.4) is 0 Å². The second-order valence-corrected chi connectivity index (χ2v) is 6.53. The zero-order valence-electron chi connectivity index (χ0n) is 12.5. The molecule has 23 heavy (non-hydrogen) atoms. The Morgan fingerprint density at radius 3 is 2.87 bits per heavy atom. The highest BCUT2D eigenvalue weighted by Gasteiger charge is 2.14. The van der Waals surface area contributed by atoms with E-state index in [1.165, 1.54) is 11.3 Å².